The Morgan fingerprint density at radius 3 is 2.58 bits per heavy atom. The number of anilines is 2. The van der Waals surface area contributed by atoms with Crippen LogP contribution in [0.25, 0.3) is 0 Å². The predicted octanol–water partition coefficient (Wildman–Crippen LogP) is 4.37. The molecule has 1 atom stereocenters. The minimum Gasteiger partial charge on any atom is -0.495 e. The summed E-state index contributed by atoms with van der Waals surface area (Å²) in [5, 5.41) is 3.64. The molecule has 0 saturated carbocycles. The maximum atomic E-state index is 13.9. The Bertz CT molecular complexity index is 1430. The minimum absolute atomic E-state index is 0.0432. The highest BCUT2D eigenvalue weighted by Crippen LogP contribution is 2.56. The molecule has 186 valence electrons. The molecule has 3 N–H and O–H groups in total. The van der Waals surface area contributed by atoms with Crippen LogP contribution in [-0.4, -0.2) is 31.9 Å². The molecule has 1 spiro atoms. The van der Waals surface area contributed by atoms with Gasteiger partial charge in [-0.15, -0.1) is 0 Å². The molecule has 0 aromatic heterocycles. The van der Waals surface area contributed by atoms with Crippen LogP contribution in [0.1, 0.15) is 30.4 Å². The summed E-state index contributed by atoms with van der Waals surface area (Å²) in [6.45, 7) is 1.82. The summed E-state index contributed by atoms with van der Waals surface area (Å²) >= 11 is 12.7. The van der Waals surface area contributed by atoms with E-state index in [0.717, 1.165) is 5.56 Å². The van der Waals surface area contributed by atoms with E-state index >= 15 is 0 Å². The average Bonchev–Trinajstić information content (AvgIpc) is 3.12. The molecule has 1 unspecified atom stereocenters. The largest absolute Gasteiger partial charge is 0.495 e. The molecule has 1 aliphatic carbocycles. The number of allylic oxidation sites excluding steroid dienone is 1. The normalized spacial score (nSPS) is 21.0. The number of hydrogen-bond donors (Lipinski definition) is 2. The Morgan fingerprint density at radius 2 is 1.89 bits per heavy atom. The maximum Gasteiger partial charge on any atom is 0.339 e. The van der Waals surface area contributed by atoms with Crippen LogP contribution in [0.5, 0.6) is 5.75 Å². The second kappa shape index (κ2) is 8.57. The van der Waals surface area contributed by atoms with Gasteiger partial charge in [0, 0.05) is 45.1 Å². The molecule has 3 aliphatic rings. The Balaban J connectivity index is 1.93. The van der Waals surface area contributed by atoms with Crippen LogP contribution in [0.15, 0.2) is 53.0 Å². The molecule has 0 saturated heterocycles. The highest BCUT2D eigenvalue weighted by atomic mass is 35.5. The van der Waals surface area contributed by atoms with Gasteiger partial charge in [0.2, 0.25) is 5.91 Å². The summed E-state index contributed by atoms with van der Waals surface area (Å²) in [4.78, 5) is 42.6. The molecule has 5 rings (SSSR count). The summed E-state index contributed by atoms with van der Waals surface area (Å²) in [5.74, 6) is -1.32. The van der Waals surface area contributed by atoms with E-state index in [9.17, 15) is 14.4 Å². The zero-order valence-corrected chi connectivity index (χ0v) is 21.3. The predicted molar refractivity (Wildman–Crippen MR) is 136 cm³/mol. The van der Waals surface area contributed by atoms with Crippen molar-refractivity contribution < 1.29 is 23.9 Å². The smallest absolute Gasteiger partial charge is 0.339 e. The Hall–Kier alpha value is -3.49. The standard InChI is InChI=1S/C26H23Cl2N3O5/c1-12-9-18(20(35-2)11-15(12)28)31-17-5-4-6-19(32)21(17)26(22(23(31)29)24(33)36-3)14-10-13(27)7-8-16(14)30-25(26)34/h7-11H,4-6,29H2,1-3H3,(H,30,34). The number of carbonyl (C=O) groups is 3. The number of fused-ring (bicyclic) bond motifs is 3. The topological polar surface area (TPSA) is 111 Å². The molecule has 0 radical (unpaired) electrons. The number of esters is 1. The molecule has 0 bridgehead atoms. The lowest BCUT2D eigenvalue weighted by atomic mass is 9.63. The van der Waals surface area contributed by atoms with Gasteiger partial charge in [0.05, 0.1) is 19.9 Å². The molecule has 8 nitrogen and oxygen atoms in total. The summed E-state index contributed by atoms with van der Waals surface area (Å²) in [7, 11) is 2.69. The number of rotatable bonds is 3. The average molecular weight is 528 g/mol. The number of benzene rings is 2. The zero-order valence-electron chi connectivity index (χ0n) is 19.8. The first-order chi connectivity index (χ1) is 17.2. The summed E-state index contributed by atoms with van der Waals surface area (Å²) in [6, 6.07) is 8.26. The van der Waals surface area contributed by atoms with Crippen molar-refractivity contribution >= 4 is 52.2 Å². The summed E-state index contributed by atoms with van der Waals surface area (Å²) in [6.07, 6.45) is 1.19. The second-order valence-electron chi connectivity index (χ2n) is 8.85. The van der Waals surface area contributed by atoms with Gasteiger partial charge < -0.3 is 20.5 Å². The maximum absolute atomic E-state index is 13.9. The van der Waals surface area contributed by atoms with Gasteiger partial charge in [-0.05, 0) is 49.6 Å². The quantitative estimate of drug-likeness (QED) is 0.570. The molecule has 10 heteroatoms. The molecule has 2 aromatic carbocycles. The molecule has 2 heterocycles. The number of nitrogens with two attached hydrogens (primary N) is 1. The highest BCUT2D eigenvalue weighted by Gasteiger charge is 2.62. The van der Waals surface area contributed by atoms with Crippen LogP contribution in [0.2, 0.25) is 10.0 Å². The zero-order chi connectivity index (χ0) is 25.9. The number of hydrogen-bond acceptors (Lipinski definition) is 7. The van der Waals surface area contributed by atoms with E-state index in [1.807, 2.05) is 6.92 Å². The van der Waals surface area contributed by atoms with E-state index < -0.39 is 17.3 Å². The van der Waals surface area contributed by atoms with Crippen molar-refractivity contribution in [2.75, 3.05) is 24.4 Å². The van der Waals surface area contributed by atoms with E-state index in [4.69, 9.17) is 38.4 Å². The first-order valence-corrected chi connectivity index (χ1v) is 12.0. The Morgan fingerprint density at radius 1 is 1.14 bits per heavy atom. The van der Waals surface area contributed by atoms with Crippen molar-refractivity contribution in [2.45, 2.75) is 31.6 Å². The summed E-state index contributed by atoms with van der Waals surface area (Å²) in [5.41, 5.74) is 7.53. The number of aryl methyl sites for hydroxylation is 1. The van der Waals surface area contributed by atoms with Crippen molar-refractivity contribution in [1.82, 2.24) is 0 Å². The van der Waals surface area contributed by atoms with E-state index in [-0.39, 0.29) is 29.2 Å². The van der Waals surface area contributed by atoms with Gasteiger partial charge in [0.15, 0.2) is 5.78 Å². The number of ketones is 1. The third-order valence-electron chi connectivity index (χ3n) is 6.97. The number of methoxy groups -OCH3 is 2. The van der Waals surface area contributed by atoms with E-state index in [2.05, 4.69) is 5.32 Å². The number of Topliss-reactive ketones (excluding diaryl/α,β-unsaturated/α-hetero) is 1. The van der Waals surface area contributed by atoms with Gasteiger partial charge in [0.25, 0.3) is 0 Å². The number of amides is 1. The van der Waals surface area contributed by atoms with Gasteiger partial charge in [-0.25, -0.2) is 4.79 Å². The fourth-order valence-electron chi connectivity index (χ4n) is 5.44. The molecule has 0 fully saturated rings. The van der Waals surface area contributed by atoms with E-state index in [1.54, 1.807) is 35.2 Å². The fourth-order valence-corrected chi connectivity index (χ4v) is 5.77. The Labute approximate surface area is 217 Å². The van der Waals surface area contributed by atoms with Crippen molar-refractivity contribution in [1.29, 1.82) is 0 Å². The Kier molecular flexibility index (Phi) is 5.76. The van der Waals surface area contributed by atoms with Gasteiger partial charge in [0.1, 0.15) is 22.6 Å². The number of nitrogens with one attached hydrogen (secondary N) is 1. The lowest BCUT2D eigenvalue weighted by molar-refractivity contribution is -0.138. The van der Waals surface area contributed by atoms with Crippen LogP contribution in [-0.2, 0) is 24.5 Å². The lowest BCUT2D eigenvalue weighted by Crippen LogP contribution is -2.53. The third-order valence-corrected chi connectivity index (χ3v) is 7.61. The van der Waals surface area contributed by atoms with Gasteiger partial charge in [-0.1, -0.05) is 23.2 Å². The number of nitrogens with zero attached hydrogens (tertiary/aromatic N) is 1. The third kappa shape index (κ3) is 3.17. The fraction of sp³-hybridized carbons (Fsp3) is 0.269. The lowest BCUT2D eigenvalue weighted by Gasteiger charge is -2.44. The van der Waals surface area contributed by atoms with E-state index in [0.29, 0.717) is 51.3 Å². The minimum atomic E-state index is -1.81. The molecule has 1 amide bonds. The second-order valence-corrected chi connectivity index (χ2v) is 9.70. The van der Waals surface area contributed by atoms with Crippen molar-refractivity contribution in [3.63, 3.8) is 0 Å². The van der Waals surface area contributed by atoms with E-state index in [1.165, 1.54) is 14.2 Å². The number of halogens is 2. The van der Waals surface area contributed by atoms with Crippen molar-refractivity contribution in [2.24, 2.45) is 5.73 Å². The van der Waals surface area contributed by atoms with Crippen LogP contribution >= 0.6 is 23.2 Å². The van der Waals surface area contributed by atoms with Crippen LogP contribution in [0.3, 0.4) is 0 Å². The summed E-state index contributed by atoms with van der Waals surface area (Å²) < 4.78 is 10.7. The van der Waals surface area contributed by atoms with Crippen LogP contribution in [0.4, 0.5) is 11.4 Å². The molecule has 2 aromatic rings. The number of ether oxygens (including phenoxy) is 2. The number of carbonyl (C=O) groups excluding carboxylic acids is 3. The van der Waals surface area contributed by atoms with Gasteiger partial charge in [-0.2, -0.15) is 0 Å². The SMILES string of the molecule is COC(=O)C1=C(N)N(c2cc(C)c(Cl)cc2OC)C2=C(C(=O)CCC2)C12C(=O)Nc1ccc(Cl)cc12. The van der Waals surface area contributed by atoms with Crippen molar-refractivity contribution in [3.05, 3.63) is 74.2 Å². The molecule has 36 heavy (non-hydrogen) atoms. The van der Waals surface area contributed by atoms with Gasteiger partial charge in [-0.3, -0.25) is 14.5 Å². The van der Waals surface area contributed by atoms with Gasteiger partial charge >= 0.3 is 5.97 Å². The van der Waals surface area contributed by atoms with Crippen LogP contribution in [0, 0.1) is 6.92 Å². The molecular formula is C26H23Cl2N3O5. The first-order valence-electron chi connectivity index (χ1n) is 11.3. The highest BCUT2D eigenvalue weighted by molar-refractivity contribution is 6.32. The van der Waals surface area contributed by atoms with Crippen LogP contribution < -0.4 is 20.7 Å². The monoisotopic (exact) mass is 527 g/mol. The first kappa shape index (κ1) is 24.2. The van der Waals surface area contributed by atoms with Crippen molar-refractivity contribution in [3.8, 4) is 5.75 Å². The molecule has 2 aliphatic heterocycles. The molecular weight excluding hydrogens is 505 g/mol.